The van der Waals surface area contributed by atoms with Crippen LogP contribution in [-0.2, 0) is 22.6 Å². The number of carbonyl (C=O) groups excluding carboxylic acids is 2. The van der Waals surface area contributed by atoms with E-state index in [4.69, 9.17) is 16.3 Å². The highest BCUT2D eigenvalue weighted by Gasteiger charge is 2.13. The summed E-state index contributed by atoms with van der Waals surface area (Å²) in [6.07, 6.45) is 2.26. The maximum atomic E-state index is 13.9. The van der Waals surface area contributed by atoms with Crippen LogP contribution in [0.5, 0.6) is 5.75 Å². The summed E-state index contributed by atoms with van der Waals surface area (Å²) in [7, 11) is 0. The van der Waals surface area contributed by atoms with Crippen LogP contribution in [-0.4, -0.2) is 18.0 Å². The molecule has 3 rings (SSSR count). The monoisotopic (exact) mass is 531 g/mol. The van der Waals surface area contributed by atoms with Crippen molar-refractivity contribution in [1.82, 2.24) is 5.43 Å². The molecule has 33 heavy (non-hydrogen) atoms. The quantitative estimate of drug-likeness (QED) is 0.241. The molecular formula is C24H20BrClFN3O3. The Bertz CT molecular complexity index is 1170. The zero-order valence-electron chi connectivity index (χ0n) is 17.6. The van der Waals surface area contributed by atoms with Crippen LogP contribution in [0.2, 0.25) is 5.02 Å². The molecular weight excluding hydrogens is 513 g/mol. The van der Waals surface area contributed by atoms with Gasteiger partial charge in [0.25, 0.3) is 0 Å². The fourth-order valence-electron chi connectivity index (χ4n) is 2.76. The maximum Gasteiger partial charge on any atom is 0.329 e. The smallest absolute Gasteiger partial charge is 0.329 e. The van der Waals surface area contributed by atoms with Gasteiger partial charge in [0.05, 0.1) is 15.7 Å². The van der Waals surface area contributed by atoms with Crippen LogP contribution in [0.4, 0.5) is 10.1 Å². The van der Waals surface area contributed by atoms with E-state index in [9.17, 15) is 14.0 Å². The molecule has 6 nitrogen and oxygen atoms in total. The van der Waals surface area contributed by atoms with Crippen molar-refractivity contribution >= 4 is 51.2 Å². The largest absolute Gasteiger partial charge is 0.488 e. The summed E-state index contributed by atoms with van der Waals surface area (Å²) in [6.45, 7) is 1.99. The molecule has 0 bridgehead atoms. The van der Waals surface area contributed by atoms with E-state index in [1.54, 1.807) is 36.4 Å². The number of hydrogen-bond donors (Lipinski definition) is 2. The lowest BCUT2D eigenvalue weighted by Crippen LogP contribution is -2.32. The van der Waals surface area contributed by atoms with Crippen molar-refractivity contribution in [2.24, 2.45) is 5.10 Å². The highest BCUT2D eigenvalue weighted by Crippen LogP contribution is 2.28. The number of anilines is 1. The van der Waals surface area contributed by atoms with Crippen molar-refractivity contribution < 1.29 is 18.7 Å². The average Bonchev–Trinajstić information content (AvgIpc) is 2.80. The van der Waals surface area contributed by atoms with Crippen molar-refractivity contribution in [2.75, 3.05) is 5.32 Å². The number of hydrazone groups is 1. The standard InChI is InChI=1S/C24H20BrClFN3O3/c1-2-15-6-9-17(10-7-15)29-23(31)24(32)30-28-13-16-8-11-22(19(25)12-16)33-14-18-20(26)4-3-5-21(18)27/h3-13H,2,14H2,1H3,(H,29,31)(H,30,32)/b28-13-. The van der Waals surface area contributed by atoms with Crippen LogP contribution >= 0.6 is 27.5 Å². The number of halogens is 3. The zero-order chi connectivity index (χ0) is 23.8. The third kappa shape index (κ3) is 6.87. The number of amides is 2. The van der Waals surface area contributed by atoms with E-state index >= 15 is 0 Å². The SMILES string of the molecule is CCc1ccc(NC(=O)C(=O)N/N=C\c2ccc(OCc3c(F)cccc3Cl)c(Br)c2)cc1. The minimum Gasteiger partial charge on any atom is -0.488 e. The number of nitrogens with zero attached hydrogens (tertiary/aromatic N) is 1. The van der Waals surface area contributed by atoms with Gasteiger partial charge in [-0.05, 0) is 75.9 Å². The van der Waals surface area contributed by atoms with Crippen LogP contribution in [0.3, 0.4) is 0 Å². The Morgan fingerprint density at radius 3 is 2.55 bits per heavy atom. The number of aryl methyl sites for hydroxylation is 1. The van der Waals surface area contributed by atoms with Crippen LogP contribution in [0.1, 0.15) is 23.6 Å². The van der Waals surface area contributed by atoms with Crippen LogP contribution in [0, 0.1) is 5.82 Å². The summed E-state index contributed by atoms with van der Waals surface area (Å²) in [6, 6.07) is 16.7. The van der Waals surface area contributed by atoms with Gasteiger partial charge in [-0.1, -0.05) is 36.7 Å². The molecule has 0 aliphatic carbocycles. The molecule has 0 atom stereocenters. The Morgan fingerprint density at radius 2 is 1.88 bits per heavy atom. The molecule has 0 saturated heterocycles. The molecule has 0 heterocycles. The fraction of sp³-hybridized carbons (Fsp3) is 0.125. The fourth-order valence-corrected chi connectivity index (χ4v) is 3.49. The summed E-state index contributed by atoms with van der Waals surface area (Å²) in [5.41, 5.74) is 4.73. The Hall–Kier alpha value is -3.23. The topological polar surface area (TPSA) is 79.8 Å². The van der Waals surface area contributed by atoms with Crippen LogP contribution in [0.25, 0.3) is 0 Å². The summed E-state index contributed by atoms with van der Waals surface area (Å²) in [5.74, 6) is -1.69. The minimum absolute atomic E-state index is 0.0378. The minimum atomic E-state index is -0.897. The zero-order valence-corrected chi connectivity index (χ0v) is 19.9. The van der Waals surface area contributed by atoms with Gasteiger partial charge in [0.2, 0.25) is 0 Å². The molecule has 2 amide bonds. The first-order valence-electron chi connectivity index (χ1n) is 9.96. The molecule has 0 spiro atoms. The molecule has 0 fully saturated rings. The number of ether oxygens (including phenoxy) is 1. The number of rotatable bonds is 7. The van der Waals surface area contributed by atoms with Gasteiger partial charge in [0, 0.05) is 11.3 Å². The molecule has 0 unspecified atom stereocenters. The molecule has 2 N–H and O–H groups in total. The first-order chi connectivity index (χ1) is 15.9. The molecule has 0 aliphatic heterocycles. The van der Waals surface area contributed by atoms with Gasteiger partial charge in [-0.2, -0.15) is 5.10 Å². The van der Waals surface area contributed by atoms with E-state index in [2.05, 4.69) is 31.8 Å². The summed E-state index contributed by atoms with van der Waals surface area (Å²) in [5, 5.41) is 6.60. The Balaban J connectivity index is 1.53. The Morgan fingerprint density at radius 1 is 1.12 bits per heavy atom. The average molecular weight is 533 g/mol. The van der Waals surface area contributed by atoms with E-state index in [1.165, 1.54) is 18.3 Å². The van der Waals surface area contributed by atoms with Crippen molar-refractivity contribution in [3.8, 4) is 5.75 Å². The second kappa shape index (κ2) is 11.6. The first-order valence-corrected chi connectivity index (χ1v) is 11.1. The predicted octanol–water partition coefficient (Wildman–Crippen LogP) is 5.47. The maximum absolute atomic E-state index is 13.9. The lowest BCUT2D eigenvalue weighted by atomic mass is 10.1. The Kier molecular flexibility index (Phi) is 8.57. The van der Waals surface area contributed by atoms with Gasteiger partial charge in [-0.15, -0.1) is 0 Å². The van der Waals surface area contributed by atoms with Gasteiger partial charge in [-0.3, -0.25) is 9.59 Å². The van der Waals surface area contributed by atoms with Crippen molar-refractivity contribution in [1.29, 1.82) is 0 Å². The van der Waals surface area contributed by atoms with E-state index in [-0.39, 0.29) is 17.2 Å². The summed E-state index contributed by atoms with van der Waals surface area (Å²) < 4.78 is 20.1. The normalized spacial score (nSPS) is 10.8. The van der Waals surface area contributed by atoms with E-state index in [0.29, 0.717) is 21.5 Å². The summed E-state index contributed by atoms with van der Waals surface area (Å²) in [4.78, 5) is 23.9. The summed E-state index contributed by atoms with van der Waals surface area (Å²) >= 11 is 9.40. The van der Waals surface area contributed by atoms with Gasteiger partial charge in [0.15, 0.2) is 0 Å². The van der Waals surface area contributed by atoms with Gasteiger partial charge in [0.1, 0.15) is 18.2 Å². The van der Waals surface area contributed by atoms with Gasteiger partial charge < -0.3 is 10.1 Å². The lowest BCUT2D eigenvalue weighted by molar-refractivity contribution is -0.136. The third-order valence-electron chi connectivity index (χ3n) is 4.60. The number of hydrogen-bond acceptors (Lipinski definition) is 4. The van der Waals surface area contributed by atoms with Crippen LogP contribution < -0.4 is 15.5 Å². The first kappa shape index (κ1) is 24.4. The second-order valence-corrected chi connectivity index (χ2v) is 8.14. The third-order valence-corrected chi connectivity index (χ3v) is 5.57. The molecule has 9 heteroatoms. The van der Waals surface area contributed by atoms with Crippen molar-refractivity contribution in [3.63, 3.8) is 0 Å². The molecule has 0 radical (unpaired) electrons. The molecule has 0 saturated carbocycles. The molecule has 3 aromatic rings. The molecule has 170 valence electrons. The van der Waals surface area contributed by atoms with E-state index < -0.39 is 17.6 Å². The lowest BCUT2D eigenvalue weighted by Gasteiger charge is -2.10. The highest BCUT2D eigenvalue weighted by molar-refractivity contribution is 9.10. The Labute approximate surface area is 203 Å². The second-order valence-electron chi connectivity index (χ2n) is 6.88. The van der Waals surface area contributed by atoms with Crippen molar-refractivity contribution in [3.05, 3.63) is 92.7 Å². The molecule has 3 aromatic carbocycles. The van der Waals surface area contributed by atoms with E-state index in [0.717, 1.165) is 12.0 Å². The van der Waals surface area contributed by atoms with Crippen LogP contribution in [0.15, 0.2) is 70.2 Å². The molecule has 0 aliphatic rings. The van der Waals surface area contributed by atoms with Gasteiger partial charge in [-0.25, -0.2) is 9.82 Å². The number of benzene rings is 3. The molecule has 0 aromatic heterocycles. The van der Waals surface area contributed by atoms with Crippen molar-refractivity contribution in [2.45, 2.75) is 20.0 Å². The highest BCUT2D eigenvalue weighted by atomic mass is 79.9. The van der Waals surface area contributed by atoms with Gasteiger partial charge >= 0.3 is 11.8 Å². The van der Waals surface area contributed by atoms with E-state index in [1.807, 2.05) is 19.1 Å². The predicted molar refractivity (Wildman–Crippen MR) is 130 cm³/mol. The number of nitrogens with one attached hydrogen (secondary N) is 2. The number of carbonyl (C=O) groups is 2.